The zero-order valence-corrected chi connectivity index (χ0v) is 35.0. The lowest BCUT2D eigenvalue weighted by Gasteiger charge is -2.25. The molecule has 0 radical (unpaired) electrons. The van der Waals surface area contributed by atoms with E-state index < -0.39 is 0 Å². The number of fused-ring (bicyclic) bond motifs is 12. The topological polar surface area (TPSA) is 41.7 Å². The Morgan fingerprint density at radius 1 is 0.524 bits per heavy atom. The summed E-state index contributed by atoms with van der Waals surface area (Å²) in [7, 11) is 0. The average Bonchev–Trinajstić information content (AvgIpc) is 3.89. The molecule has 11 aromatic rings. The first-order chi connectivity index (χ1) is 31.1. The van der Waals surface area contributed by atoms with Crippen molar-refractivity contribution >= 4 is 92.8 Å². The molecule has 63 heavy (non-hydrogen) atoms. The highest BCUT2D eigenvalue weighted by atomic mass is 32.1. The van der Waals surface area contributed by atoms with Gasteiger partial charge in [0.15, 0.2) is 5.84 Å². The van der Waals surface area contributed by atoms with E-state index in [0.717, 1.165) is 46.1 Å². The van der Waals surface area contributed by atoms with E-state index in [-0.39, 0.29) is 6.17 Å². The van der Waals surface area contributed by atoms with Crippen LogP contribution in [0.25, 0.3) is 86.6 Å². The number of para-hydroxylation sites is 1. The summed E-state index contributed by atoms with van der Waals surface area (Å²) in [5.74, 6) is 1.53. The SMILES string of the molecule is C=C1C=C(C2=NC(c3ccccc3)NC(c3ccccc3)=N2)c2c(sc3ccc(-c4ccc5c(c4)c4ccccc4n5-c4ccc5c6ccccc6c6ccccc6c5c4)cc23)C1. The number of aliphatic imine (C=N–C) groups is 2. The van der Waals surface area contributed by atoms with Crippen LogP contribution in [0.3, 0.4) is 0 Å². The minimum Gasteiger partial charge on any atom is -0.344 e. The number of thiophene rings is 1. The third kappa shape index (κ3) is 5.74. The summed E-state index contributed by atoms with van der Waals surface area (Å²) in [6.45, 7) is 4.47. The number of allylic oxidation sites excluding steroid dienone is 2. The Bertz CT molecular complexity index is 3780. The normalized spacial score (nSPS) is 15.2. The Morgan fingerprint density at radius 2 is 1.13 bits per heavy atom. The van der Waals surface area contributed by atoms with Crippen molar-refractivity contribution in [3.8, 4) is 16.8 Å². The maximum atomic E-state index is 5.30. The number of amidine groups is 2. The van der Waals surface area contributed by atoms with Crippen molar-refractivity contribution in [3.05, 3.63) is 228 Å². The Hall–Kier alpha value is -7.86. The molecule has 0 spiro atoms. The number of rotatable bonds is 5. The van der Waals surface area contributed by atoms with Crippen molar-refractivity contribution in [3.63, 3.8) is 0 Å². The van der Waals surface area contributed by atoms with E-state index in [0.29, 0.717) is 0 Å². The van der Waals surface area contributed by atoms with Gasteiger partial charge in [-0.05, 0) is 103 Å². The number of benzene rings is 9. The van der Waals surface area contributed by atoms with Gasteiger partial charge in [-0.15, -0.1) is 11.3 Å². The Balaban J connectivity index is 0.950. The smallest absolute Gasteiger partial charge is 0.160 e. The highest BCUT2D eigenvalue weighted by Crippen LogP contribution is 2.45. The van der Waals surface area contributed by atoms with Crippen LogP contribution in [-0.4, -0.2) is 16.2 Å². The second-order valence-corrected chi connectivity index (χ2v) is 17.8. The maximum Gasteiger partial charge on any atom is 0.160 e. The Labute approximate surface area is 368 Å². The molecule has 9 aromatic carbocycles. The van der Waals surface area contributed by atoms with E-state index in [9.17, 15) is 0 Å². The van der Waals surface area contributed by atoms with Gasteiger partial charge in [-0.2, -0.15) is 0 Å². The van der Waals surface area contributed by atoms with E-state index in [1.165, 1.54) is 85.8 Å². The van der Waals surface area contributed by atoms with Gasteiger partial charge in [-0.3, -0.25) is 0 Å². The molecule has 0 bridgehead atoms. The van der Waals surface area contributed by atoms with Crippen LogP contribution in [0.2, 0.25) is 0 Å². The van der Waals surface area contributed by atoms with Crippen LogP contribution in [-0.2, 0) is 6.42 Å². The van der Waals surface area contributed by atoms with Gasteiger partial charge in [0.05, 0.1) is 11.0 Å². The monoisotopic (exact) mass is 822 g/mol. The van der Waals surface area contributed by atoms with Gasteiger partial charge in [0, 0.05) is 54.5 Å². The molecule has 4 nitrogen and oxygen atoms in total. The molecule has 1 aliphatic carbocycles. The van der Waals surface area contributed by atoms with E-state index in [4.69, 9.17) is 9.98 Å². The van der Waals surface area contributed by atoms with Crippen molar-refractivity contribution in [2.45, 2.75) is 12.6 Å². The molecule has 296 valence electrons. The quantitative estimate of drug-likeness (QED) is 0.173. The van der Waals surface area contributed by atoms with Gasteiger partial charge < -0.3 is 9.88 Å². The zero-order chi connectivity index (χ0) is 41.6. The highest BCUT2D eigenvalue weighted by molar-refractivity contribution is 7.19. The van der Waals surface area contributed by atoms with Gasteiger partial charge in [0.25, 0.3) is 0 Å². The van der Waals surface area contributed by atoms with Gasteiger partial charge in [0.1, 0.15) is 12.0 Å². The number of hydrogen-bond acceptors (Lipinski definition) is 4. The van der Waals surface area contributed by atoms with Gasteiger partial charge >= 0.3 is 0 Å². The molecule has 2 aliphatic rings. The summed E-state index contributed by atoms with van der Waals surface area (Å²) in [5.41, 5.74) is 11.3. The van der Waals surface area contributed by atoms with E-state index in [1.807, 2.05) is 23.5 Å². The largest absolute Gasteiger partial charge is 0.344 e. The lowest BCUT2D eigenvalue weighted by atomic mass is 9.90. The molecular weight excluding hydrogens is 785 g/mol. The second kappa shape index (κ2) is 14.1. The van der Waals surface area contributed by atoms with Crippen molar-refractivity contribution in [1.29, 1.82) is 0 Å². The van der Waals surface area contributed by atoms with Crippen LogP contribution in [0.1, 0.15) is 27.7 Å². The van der Waals surface area contributed by atoms with Crippen LogP contribution in [0.15, 0.2) is 216 Å². The number of aromatic nitrogens is 1. The van der Waals surface area contributed by atoms with Crippen LogP contribution < -0.4 is 5.32 Å². The summed E-state index contributed by atoms with van der Waals surface area (Å²) in [5, 5.41) is 15.0. The molecule has 2 aromatic heterocycles. The summed E-state index contributed by atoms with van der Waals surface area (Å²) in [6.07, 6.45) is 2.73. The molecule has 0 saturated heterocycles. The fourth-order valence-corrected chi connectivity index (χ4v) is 11.3. The summed E-state index contributed by atoms with van der Waals surface area (Å²) < 4.78 is 3.69. The molecule has 1 unspecified atom stereocenters. The fourth-order valence-electron chi connectivity index (χ4n) is 10.0. The summed E-state index contributed by atoms with van der Waals surface area (Å²) in [4.78, 5) is 11.8. The molecule has 0 amide bonds. The molecule has 13 rings (SSSR count). The van der Waals surface area contributed by atoms with Gasteiger partial charge in [0.2, 0.25) is 0 Å². The first-order valence-corrected chi connectivity index (χ1v) is 22.3. The second-order valence-electron chi connectivity index (χ2n) is 16.6. The zero-order valence-electron chi connectivity index (χ0n) is 34.2. The molecule has 0 fully saturated rings. The molecule has 1 aliphatic heterocycles. The van der Waals surface area contributed by atoms with Crippen molar-refractivity contribution < 1.29 is 0 Å². The molecular formula is C58H38N4S. The van der Waals surface area contributed by atoms with E-state index >= 15 is 0 Å². The van der Waals surface area contributed by atoms with E-state index in [2.05, 4.69) is 198 Å². The Kier molecular flexibility index (Phi) is 8.02. The fraction of sp³-hybridized carbons (Fsp3) is 0.0345. The maximum absolute atomic E-state index is 5.30. The minimum absolute atomic E-state index is 0.281. The van der Waals surface area contributed by atoms with Crippen LogP contribution in [0.5, 0.6) is 0 Å². The minimum atomic E-state index is -0.281. The summed E-state index contributed by atoms with van der Waals surface area (Å²) in [6, 6.07) is 68.1. The molecule has 3 heterocycles. The van der Waals surface area contributed by atoms with Crippen molar-refractivity contribution in [1.82, 2.24) is 9.88 Å². The number of nitrogens with zero attached hydrogens (tertiary/aromatic N) is 3. The Morgan fingerprint density at radius 3 is 1.87 bits per heavy atom. The van der Waals surface area contributed by atoms with Gasteiger partial charge in [-0.25, -0.2) is 9.98 Å². The molecule has 0 saturated carbocycles. The third-order valence-electron chi connectivity index (χ3n) is 12.9. The lowest BCUT2D eigenvalue weighted by molar-refractivity contribution is 0.675. The standard InChI is InChI=1S/C58H38N4S/c1-35-30-50(58-60-56(36-14-4-2-5-15-36)59-57(61-58)37-16-6-3-7-17-37)55-49-33-39(25-29-53(49)63-54(55)31-35)38-24-28-52-48(32-38)46-22-12-13-23-51(46)62(52)40-26-27-45-43-20-9-8-18-41(43)42-19-10-11-21-44(42)47(45)34-40/h2-30,32-34,56H,1,31H2,(H,59,60,61). The van der Waals surface area contributed by atoms with Crippen LogP contribution >= 0.6 is 11.3 Å². The van der Waals surface area contributed by atoms with Crippen molar-refractivity contribution in [2.24, 2.45) is 9.98 Å². The van der Waals surface area contributed by atoms with E-state index in [1.54, 1.807) is 0 Å². The molecule has 1 N–H and O–H groups in total. The predicted octanol–water partition coefficient (Wildman–Crippen LogP) is 14.8. The first-order valence-electron chi connectivity index (χ1n) is 21.5. The van der Waals surface area contributed by atoms with Gasteiger partial charge in [-0.1, -0.05) is 152 Å². The lowest BCUT2D eigenvalue weighted by Crippen LogP contribution is -2.33. The predicted molar refractivity (Wildman–Crippen MR) is 268 cm³/mol. The highest BCUT2D eigenvalue weighted by Gasteiger charge is 2.28. The molecule has 1 atom stereocenters. The van der Waals surface area contributed by atoms with Crippen molar-refractivity contribution in [2.75, 3.05) is 0 Å². The first kappa shape index (κ1) is 35.9. The third-order valence-corrected chi connectivity index (χ3v) is 14.1. The summed E-state index contributed by atoms with van der Waals surface area (Å²) >= 11 is 1.85. The molecule has 5 heteroatoms. The van der Waals surface area contributed by atoms with Crippen LogP contribution in [0.4, 0.5) is 0 Å². The number of hydrogen-bond donors (Lipinski definition) is 1. The van der Waals surface area contributed by atoms with Crippen LogP contribution in [0, 0.1) is 0 Å². The number of nitrogens with one attached hydrogen (secondary N) is 1. The average molecular weight is 823 g/mol.